The molecule has 0 bridgehead atoms. The van der Waals surface area contributed by atoms with Crippen molar-refractivity contribution in [3.8, 4) is 5.75 Å². The van der Waals surface area contributed by atoms with Gasteiger partial charge in [0.1, 0.15) is 11.4 Å². The minimum absolute atomic E-state index is 0.0182. The minimum atomic E-state index is -0.0182. The van der Waals surface area contributed by atoms with Gasteiger partial charge < -0.3 is 10.5 Å². The van der Waals surface area contributed by atoms with E-state index in [1.165, 1.54) is 11.1 Å². The second-order valence-electron chi connectivity index (χ2n) is 5.49. The molecule has 1 atom stereocenters. The molecular weight excluding hydrogens is 198 g/mol. The Bertz CT molecular complexity index is 382. The van der Waals surface area contributed by atoms with Crippen molar-refractivity contribution >= 4 is 0 Å². The highest BCUT2D eigenvalue weighted by Gasteiger charge is 2.26. The van der Waals surface area contributed by atoms with Gasteiger partial charge in [-0.05, 0) is 57.2 Å². The van der Waals surface area contributed by atoms with E-state index < -0.39 is 0 Å². The van der Waals surface area contributed by atoms with E-state index in [-0.39, 0.29) is 11.6 Å². The number of nitrogens with two attached hydrogens (primary N) is 1. The highest BCUT2D eigenvalue weighted by molar-refractivity contribution is 5.39. The molecule has 0 aliphatic carbocycles. The van der Waals surface area contributed by atoms with Crippen LogP contribution in [0.4, 0.5) is 0 Å². The summed E-state index contributed by atoms with van der Waals surface area (Å²) in [5.41, 5.74) is 8.44. The quantitative estimate of drug-likeness (QED) is 0.830. The molecule has 0 aromatic heterocycles. The van der Waals surface area contributed by atoms with Gasteiger partial charge in [-0.3, -0.25) is 0 Å². The monoisotopic (exact) mass is 219 g/mol. The number of rotatable bonds is 2. The van der Waals surface area contributed by atoms with Crippen LogP contribution in [0.15, 0.2) is 18.2 Å². The number of hydrogen-bond acceptors (Lipinski definition) is 2. The van der Waals surface area contributed by atoms with Crippen LogP contribution in [-0.2, 0) is 12.8 Å². The largest absolute Gasteiger partial charge is 0.488 e. The predicted molar refractivity (Wildman–Crippen MR) is 66.8 cm³/mol. The fourth-order valence-corrected chi connectivity index (χ4v) is 2.21. The van der Waals surface area contributed by atoms with E-state index in [0.29, 0.717) is 0 Å². The Morgan fingerprint density at radius 1 is 1.44 bits per heavy atom. The molecule has 0 radical (unpaired) electrons. The van der Waals surface area contributed by atoms with Crippen LogP contribution in [0.2, 0.25) is 0 Å². The summed E-state index contributed by atoms with van der Waals surface area (Å²) in [5, 5.41) is 0. The first-order chi connectivity index (χ1) is 7.46. The van der Waals surface area contributed by atoms with E-state index in [0.717, 1.165) is 25.0 Å². The summed E-state index contributed by atoms with van der Waals surface area (Å²) >= 11 is 0. The van der Waals surface area contributed by atoms with Gasteiger partial charge in [-0.2, -0.15) is 0 Å². The van der Waals surface area contributed by atoms with Crippen LogP contribution in [0, 0.1) is 0 Å². The van der Waals surface area contributed by atoms with Crippen LogP contribution in [0.3, 0.4) is 0 Å². The first kappa shape index (κ1) is 11.5. The Morgan fingerprint density at radius 2 is 2.19 bits per heavy atom. The minimum Gasteiger partial charge on any atom is -0.488 e. The fourth-order valence-electron chi connectivity index (χ4n) is 2.21. The van der Waals surface area contributed by atoms with Crippen molar-refractivity contribution in [2.24, 2.45) is 5.73 Å². The van der Waals surface area contributed by atoms with Crippen molar-refractivity contribution in [3.63, 3.8) is 0 Å². The maximum absolute atomic E-state index is 5.95. The van der Waals surface area contributed by atoms with E-state index >= 15 is 0 Å². The number of aryl methyl sites for hydroxylation is 1. The summed E-state index contributed by atoms with van der Waals surface area (Å²) < 4.78 is 5.95. The zero-order valence-electron chi connectivity index (χ0n) is 10.4. The van der Waals surface area contributed by atoms with Crippen molar-refractivity contribution < 1.29 is 4.74 Å². The van der Waals surface area contributed by atoms with Gasteiger partial charge in [0.05, 0.1) is 0 Å². The summed E-state index contributed by atoms with van der Waals surface area (Å²) in [7, 11) is 0. The molecule has 0 saturated carbocycles. The van der Waals surface area contributed by atoms with Gasteiger partial charge in [-0.25, -0.2) is 0 Å². The average Bonchev–Trinajstić information content (AvgIpc) is 2.16. The SMILES string of the molecule is C[C@@H](N)Cc1ccc2c(c1)CCC(C)(C)O2. The second-order valence-corrected chi connectivity index (χ2v) is 5.49. The van der Waals surface area contributed by atoms with E-state index in [4.69, 9.17) is 10.5 Å². The maximum Gasteiger partial charge on any atom is 0.123 e. The third kappa shape index (κ3) is 2.56. The van der Waals surface area contributed by atoms with Gasteiger partial charge in [-0.1, -0.05) is 12.1 Å². The maximum atomic E-state index is 5.95. The zero-order chi connectivity index (χ0) is 11.8. The van der Waals surface area contributed by atoms with Crippen molar-refractivity contribution in [1.29, 1.82) is 0 Å². The summed E-state index contributed by atoms with van der Waals surface area (Å²) in [6.07, 6.45) is 3.13. The lowest BCUT2D eigenvalue weighted by Gasteiger charge is -2.32. The molecule has 0 unspecified atom stereocenters. The molecule has 0 saturated heterocycles. The molecule has 1 aromatic rings. The molecule has 1 aliphatic heterocycles. The third-order valence-corrected chi connectivity index (χ3v) is 3.07. The van der Waals surface area contributed by atoms with Gasteiger partial charge in [0.2, 0.25) is 0 Å². The Morgan fingerprint density at radius 3 is 2.88 bits per heavy atom. The Hall–Kier alpha value is -1.02. The van der Waals surface area contributed by atoms with Crippen LogP contribution in [0.5, 0.6) is 5.75 Å². The lowest BCUT2D eigenvalue weighted by atomic mass is 9.92. The van der Waals surface area contributed by atoms with Gasteiger partial charge in [0.25, 0.3) is 0 Å². The summed E-state index contributed by atoms with van der Waals surface area (Å²) in [6, 6.07) is 6.69. The summed E-state index contributed by atoms with van der Waals surface area (Å²) in [5.74, 6) is 1.05. The van der Waals surface area contributed by atoms with Crippen LogP contribution >= 0.6 is 0 Å². The number of ether oxygens (including phenoxy) is 1. The summed E-state index contributed by atoms with van der Waals surface area (Å²) in [6.45, 7) is 6.33. The standard InChI is InChI=1S/C14H21NO/c1-10(15)8-11-4-5-13-12(9-11)6-7-14(2,3)16-13/h4-5,9-10H,6-8,15H2,1-3H3/t10-/m1/s1. The van der Waals surface area contributed by atoms with Crippen molar-refractivity contribution in [2.45, 2.75) is 51.7 Å². The highest BCUT2D eigenvalue weighted by atomic mass is 16.5. The molecule has 2 rings (SSSR count). The second kappa shape index (κ2) is 4.10. The van der Waals surface area contributed by atoms with E-state index in [9.17, 15) is 0 Å². The molecule has 0 fully saturated rings. The van der Waals surface area contributed by atoms with Gasteiger partial charge in [-0.15, -0.1) is 0 Å². The molecule has 2 N–H and O–H groups in total. The fraction of sp³-hybridized carbons (Fsp3) is 0.571. The van der Waals surface area contributed by atoms with E-state index in [1.54, 1.807) is 0 Å². The third-order valence-electron chi connectivity index (χ3n) is 3.07. The van der Waals surface area contributed by atoms with Gasteiger partial charge >= 0.3 is 0 Å². The molecule has 16 heavy (non-hydrogen) atoms. The van der Waals surface area contributed by atoms with Crippen molar-refractivity contribution in [1.82, 2.24) is 0 Å². The predicted octanol–water partition coefficient (Wildman–Crippen LogP) is 2.68. The van der Waals surface area contributed by atoms with Gasteiger partial charge in [0.15, 0.2) is 0 Å². The molecular formula is C14H21NO. The van der Waals surface area contributed by atoms with Crippen molar-refractivity contribution in [2.75, 3.05) is 0 Å². The molecule has 1 aromatic carbocycles. The molecule has 0 amide bonds. The topological polar surface area (TPSA) is 35.2 Å². The van der Waals surface area contributed by atoms with E-state index in [2.05, 4.69) is 32.0 Å². The van der Waals surface area contributed by atoms with Crippen LogP contribution in [0.1, 0.15) is 38.3 Å². The normalized spacial score (nSPS) is 19.8. The molecule has 2 nitrogen and oxygen atoms in total. The lowest BCUT2D eigenvalue weighted by Crippen LogP contribution is -2.32. The number of benzene rings is 1. The summed E-state index contributed by atoms with van der Waals surface area (Å²) in [4.78, 5) is 0. The van der Waals surface area contributed by atoms with Crippen molar-refractivity contribution in [3.05, 3.63) is 29.3 Å². The first-order valence-electron chi connectivity index (χ1n) is 6.03. The Kier molecular flexibility index (Phi) is 2.94. The Labute approximate surface area is 97.8 Å². The average molecular weight is 219 g/mol. The number of hydrogen-bond donors (Lipinski definition) is 1. The molecule has 2 heteroatoms. The van der Waals surface area contributed by atoms with Crippen LogP contribution < -0.4 is 10.5 Å². The Balaban J connectivity index is 2.21. The molecule has 88 valence electrons. The molecule has 1 heterocycles. The smallest absolute Gasteiger partial charge is 0.123 e. The lowest BCUT2D eigenvalue weighted by molar-refractivity contribution is 0.0846. The number of fused-ring (bicyclic) bond motifs is 1. The van der Waals surface area contributed by atoms with Crippen LogP contribution in [-0.4, -0.2) is 11.6 Å². The molecule has 0 spiro atoms. The zero-order valence-corrected chi connectivity index (χ0v) is 10.4. The molecule has 1 aliphatic rings. The van der Waals surface area contributed by atoms with Crippen LogP contribution in [0.25, 0.3) is 0 Å². The highest BCUT2D eigenvalue weighted by Crippen LogP contribution is 2.33. The first-order valence-corrected chi connectivity index (χ1v) is 6.03. The van der Waals surface area contributed by atoms with Gasteiger partial charge in [0, 0.05) is 6.04 Å². The van der Waals surface area contributed by atoms with E-state index in [1.807, 2.05) is 6.92 Å².